The van der Waals surface area contributed by atoms with E-state index in [1.807, 2.05) is 17.4 Å². The monoisotopic (exact) mass is 263 g/mol. The Morgan fingerprint density at radius 3 is 2.72 bits per heavy atom. The highest BCUT2D eigenvalue weighted by molar-refractivity contribution is 7.11. The molecule has 2 rings (SSSR count). The van der Waals surface area contributed by atoms with E-state index in [1.165, 1.54) is 15.8 Å². The van der Waals surface area contributed by atoms with Gasteiger partial charge < -0.3 is 5.32 Å². The van der Waals surface area contributed by atoms with Crippen LogP contribution in [0.4, 0.5) is 4.39 Å². The van der Waals surface area contributed by atoms with Crippen LogP contribution in [0.3, 0.4) is 0 Å². The predicted molar refractivity (Wildman–Crippen MR) is 75.5 cm³/mol. The van der Waals surface area contributed by atoms with Gasteiger partial charge in [0, 0.05) is 16.3 Å². The van der Waals surface area contributed by atoms with E-state index in [-0.39, 0.29) is 5.82 Å². The molecule has 0 atom stereocenters. The van der Waals surface area contributed by atoms with Crippen molar-refractivity contribution in [1.82, 2.24) is 5.32 Å². The van der Waals surface area contributed by atoms with Crippen molar-refractivity contribution < 1.29 is 4.39 Å². The molecule has 0 saturated carbocycles. The second-order valence-corrected chi connectivity index (χ2v) is 5.53. The summed E-state index contributed by atoms with van der Waals surface area (Å²) >= 11 is 1.86. The van der Waals surface area contributed by atoms with E-state index in [0.29, 0.717) is 0 Å². The van der Waals surface area contributed by atoms with Gasteiger partial charge in [0.15, 0.2) is 0 Å². The minimum absolute atomic E-state index is 0.154. The number of hydrogen-bond acceptors (Lipinski definition) is 2. The van der Waals surface area contributed by atoms with Gasteiger partial charge in [-0.3, -0.25) is 0 Å². The normalized spacial score (nSPS) is 10.8. The molecule has 0 aliphatic rings. The van der Waals surface area contributed by atoms with Gasteiger partial charge in [-0.1, -0.05) is 19.1 Å². The minimum Gasteiger partial charge on any atom is -0.312 e. The first-order valence-corrected chi connectivity index (χ1v) is 7.12. The first-order chi connectivity index (χ1) is 8.78. The number of thiophene rings is 1. The molecule has 0 unspecified atom stereocenters. The van der Waals surface area contributed by atoms with Crippen molar-refractivity contribution in [2.75, 3.05) is 6.54 Å². The highest BCUT2D eigenvalue weighted by Crippen LogP contribution is 2.16. The summed E-state index contributed by atoms with van der Waals surface area (Å²) in [6, 6.07) is 11.2. The summed E-state index contributed by atoms with van der Waals surface area (Å²) in [5.41, 5.74) is 1.04. The predicted octanol–water partition coefficient (Wildman–Crippen LogP) is 3.78. The van der Waals surface area contributed by atoms with Gasteiger partial charge in [0.2, 0.25) is 0 Å². The van der Waals surface area contributed by atoms with Gasteiger partial charge in [-0.15, -0.1) is 11.3 Å². The Kier molecular flexibility index (Phi) is 4.90. The zero-order chi connectivity index (χ0) is 12.8. The fourth-order valence-corrected chi connectivity index (χ4v) is 2.77. The molecule has 2 aromatic rings. The third kappa shape index (κ3) is 3.93. The Hall–Kier alpha value is -1.19. The Morgan fingerprint density at radius 1 is 1.17 bits per heavy atom. The Balaban J connectivity index is 1.72. The van der Waals surface area contributed by atoms with Crippen LogP contribution in [-0.4, -0.2) is 6.54 Å². The molecule has 0 radical (unpaired) electrons. The van der Waals surface area contributed by atoms with E-state index >= 15 is 0 Å². The smallest absolute Gasteiger partial charge is 0.123 e. The molecule has 1 N–H and O–H groups in total. The van der Waals surface area contributed by atoms with Crippen molar-refractivity contribution in [3.63, 3.8) is 0 Å². The second kappa shape index (κ2) is 6.66. The summed E-state index contributed by atoms with van der Waals surface area (Å²) in [7, 11) is 0. The largest absolute Gasteiger partial charge is 0.312 e. The van der Waals surface area contributed by atoms with E-state index in [0.717, 1.165) is 31.5 Å². The van der Waals surface area contributed by atoms with Crippen LogP contribution in [0.25, 0.3) is 0 Å². The van der Waals surface area contributed by atoms with Crippen LogP contribution in [-0.2, 0) is 19.4 Å². The lowest BCUT2D eigenvalue weighted by Gasteiger charge is -2.03. The lowest BCUT2D eigenvalue weighted by atomic mass is 10.1. The van der Waals surface area contributed by atoms with E-state index in [1.54, 1.807) is 12.1 Å². The average molecular weight is 263 g/mol. The number of benzene rings is 1. The van der Waals surface area contributed by atoms with Crippen LogP contribution >= 0.6 is 11.3 Å². The third-order valence-electron chi connectivity index (χ3n) is 2.84. The Bertz CT molecular complexity index is 493. The molecular weight excluding hydrogens is 245 g/mol. The number of rotatable bonds is 6. The molecule has 18 heavy (non-hydrogen) atoms. The molecule has 0 aliphatic heterocycles. The fourth-order valence-electron chi connectivity index (χ4n) is 1.84. The maximum Gasteiger partial charge on any atom is 0.123 e. The molecule has 96 valence electrons. The fraction of sp³-hybridized carbons (Fsp3) is 0.333. The summed E-state index contributed by atoms with van der Waals surface area (Å²) in [5, 5.41) is 3.40. The van der Waals surface area contributed by atoms with E-state index in [4.69, 9.17) is 0 Å². The minimum atomic E-state index is -0.154. The Labute approximate surface area is 112 Å². The molecule has 0 aliphatic carbocycles. The van der Waals surface area contributed by atoms with E-state index in [9.17, 15) is 4.39 Å². The van der Waals surface area contributed by atoms with Gasteiger partial charge >= 0.3 is 0 Å². The number of halogens is 1. The van der Waals surface area contributed by atoms with Crippen LogP contribution < -0.4 is 5.32 Å². The van der Waals surface area contributed by atoms with Crippen molar-refractivity contribution >= 4 is 11.3 Å². The number of aryl methyl sites for hydroxylation is 1. The Morgan fingerprint density at radius 2 is 2.00 bits per heavy atom. The standard InChI is InChI=1S/C15H18FNS/c1-2-14-6-7-15(18-14)11-17-9-8-12-4-3-5-13(16)10-12/h3-7,10,17H,2,8-9,11H2,1H3. The van der Waals surface area contributed by atoms with Crippen molar-refractivity contribution in [3.05, 3.63) is 57.5 Å². The molecule has 1 aromatic carbocycles. The van der Waals surface area contributed by atoms with Crippen molar-refractivity contribution in [3.8, 4) is 0 Å². The zero-order valence-electron chi connectivity index (χ0n) is 10.6. The summed E-state index contributed by atoms with van der Waals surface area (Å²) in [6.07, 6.45) is 1.97. The molecule has 3 heteroatoms. The van der Waals surface area contributed by atoms with Gasteiger partial charge in [0.25, 0.3) is 0 Å². The summed E-state index contributed by atoms with van der Waals surface area (Å²) in [5.74, 6) is -0.154. The highest BCUT2D eigenvalue weighted by Gasteiger charge is 1.99. The molecule has 1 aromatic heterocycles. The number of nitrogens with one attached hydrogen (secondary N) is 1. The summed E-state index contributed by atoms with van der Waals surface area (Å²) in [4.78, 5) is 2.79. The quantitative estimate of drug-likeness (QED) is 0.782. The van der Waals surface area contributed by atoms with Crippen LogP contribution in [0, 0.1) is 5.82 Å². The third-order valence-corrected chi connectivity index (χ3v) is 4.07. The first-order valence-electron chi connectivity index (χ1n) is 6.30. The maximum atomic E-state index is 13.0. The van der Waals surface area contributed by atoms with E-state index in [2.05, 4.69) is 24.4 Å². The first kappa shape index (κ1) is 13.2. The summed E-state index contributed by atoms with van der Waals surface area (Å²) < 4.78 is 13.0. The van der Waals surface area contributed by atoms with Gasteiger partial charge in [0.05, 0.1) is 0 Å². The van der Waals surface area contributed by atoms with Gasteiger partial charge in [-0.25, -0.2) is 4.39 Å². The topological polar surface area (TPSA) is 12.0 Å². The highest BCUT2D eigenvalue weighted by atomic mass is 32.1. The molecular formula is C15H18FNS. The van der Waals surface area contributed by atoms with Gasteiger partial charge in [0.1, 0.15) is 5.82 Å². The molecule has 0 bridgehead atoms. The van der Waals surface area contributed by atoms with Crippen LogP contribution in [0.5, 0.6) is 0 Å². The van der Waals surface area contributed by atoms with Crippen LogP contribution in [0.15, 0.2) is 36.4 Å². The van der Waals surface area contributed by atoms with E-state index < -0.39 is 0 Å². The summed E-state index contributed by atoms with van der Waals surface area (Å²) in [6.45, 7) is 3.95. The molecule has 1 nitrogen and oxygen atoms in total. The van der Waals surface area contributed by atoms with Gasteiger partial charge in [-0.05, 0) is 49.2 Å². The lowest BCUT2D eigenvalue weighted by molar-refractivity contribution is 0.623. The second-order valence-electron chi connectivity index (χ2n) is 4.28. The van der Waals surface area contributed by atoms with Crippen LogP contribution in [0.2, 0.25) is 0 Å². The average Bonchev–Trinajstić information content (AvgIpc) is 2.83. The SMILES string of the molecule is CCc1ccc(CNCCc2cccc(F)c2)s1. The van der Waals surface area contributed by atoms with Crippen molar-refractivity contribution in [2.24, 2.45) is 0 Å². The van der Waals surface area contributed by atoms with Gasteiger partial charge in [-0.2, -0.15) is 0 Å². The van der Waals surface area contributed by atoms with Crippen molar-refractivity contribution in [2.45, 2.75) is 26.3 Å². The molecule has 0 fully saturated rings. The molecule has 1 heterocycles. The molecule has 0 amide bonds. The van der Waals surface area contributed by atoms with Crippen LogP contribution in [0.1, 0.15) is 22.2 Å². The maximum absolute atomic E-state index is 13.0. The molecule has 0 spiro atoms. The zero-order valence-corrected chi connectivity index (χ0v) is 11.4. The lowest BCUT2D eigenvalue weighted by Crippen LogP contribution is -2.15. The molecule has 0 saturated heterocycles. The van der Waals surface area contributed by atoms with Crippen molar-refractivity contribution in [1.29, 1.82) is 0 Å². The number of hydrogen-bond donors (Lipinski definition) is 1.